The predicted molar refractivity (Wildman–Crippen MR) is 210 cm³/mol. The van der Waals surface area contributed by atoms with Crippen LogP contribution in [0.5, 0.6) is 0 Å². The summed E-state index contributed by atoms with van der Waals surface area (Å²) in [5.74, 6) is 0. The van der Waals surface area contributed by atoms with Crippen LogP contribution in [0.3, 0.4) is 0 Å². The Balaban J connectivity index is 1.31. The first-order chi connectivity index (χ1) is 24.3. The van der Waals surface area contributed by atoms with Crippen molar-refractivity contribution in [1.29, 1.82) is 0 Å². The Morgan fingerprint density at radius 2 is 0.796 bits per heavy atom. The molecule has 0 saturated carbocycles. The first-order valence-corrected chi connectivity index (χ1v) is 16.9. The average molecular weight is 624 g/mol. The van der Waals surface area contributed by atoms with Crippen molar-refractivity contribution in [3.8, 4) is 33.4 Å². The number of benzene rings is 9. The zero-order valence-electron chi connectivity index (χ0n) is 27.0. The van der Waals surface area contributed by atoms with Crippen LogP contribution in [0.2, 0.25) is 0 Å². The molecule has 0 bridgehead atoms. The topological polar surface area (TPSA) is 3.24 Å². The van der Waals surface area contributed by atoms with Gasteiger partial charge in [0.15, 0.2) is 0 Å². The Labute approximate surface area is 287 Å². The van der Waals surface area contributed by atoms with Crippen molar-refractivity contribution in [3.05, 3.63) is 200 Å². The lowest BCUT2D eigenvalue weighted by atomic mass is 9.93. The van der Waals surface area contributed by atoms with Gasteiger partial charge in [0.25, 0.3) is 0 Å². The third kappa shape index (κ3) is 5.23. The summed E-state index contributed by atoms with van der Waals surface area (Å²) in [5, 5.41) is 7.46. The van der Waals surface area contributed by atoms with E-state index in [0.29, 0.717) is 0 Å². The van der Waals surface area contributed by atoms with Gasteiger partial charge in [-0.3, -0.25) is 0 Å². The van der Waals surface area contributed by atoms with E-state index in [1.807, 2.05) is 0 Å². The zero-order valence-corrected chi connectivity index (χ0v) is 27.0. The Bertz CT molecular complexity index is 2570. The molecule has 0 heterocycles. The van der Waals surface area contributed by atoms with Crippen LogP contribution < -0.4 is 4.90 Å². The van der Waals surface area contributed by atoms with E-state index in [0.717, 1.165) is 17.1 Å². The zero-order chi connectivity index (χ0) is 32.6. The Hall–Kier alpha value is -6.44. The molecule has 0 aliphatic heterocycles. The number of para-hydroxylation sites is 1. The number of hydrogen-bond acceptors (Lipinski definition) is 1. The summed E-state index contributed by atoms with van der Waals surface area (Å²) in [6, 6.07) is 72.5. The molecule has 0 atom stereocenters. The molecule has 0 unspecified atom stereocenters. The fourth-order valence-corrected chi connectivity index (χ4v) is 7.26. The third-order valence-corrected chi connectivity index (χ3v) is 9.65. The van der Waals surface area contributed by atoms with E-state index in [4.69, 9.17) is 0 Å². The highest BCUT2D eigenvalue weighted by atomic mass is 15.1. The third-order valence-electron chi connectivity index (χ3n) is 9.65. The first kappa shape index (κ1) is 28.8. The molecular formula is C48H33N. The number of hydrogen-bond donors (Lipinski definition) is 0. The van der Waals surface area contributed by atoms with Crippen LogP contribution in [0, 0.1) is 0 Å². The van der Waals surface area contributed by atoms with Gasteiger partial charge in [-0.25, -0.2) is 0 Å². The Morgan fingerprint density at radius 3 is 1.49 bits per heavy atom. The van der Waals surface area contributed by atoms with Gasteiger partial charge >= 0.3 is 0 Å². The van der Waals surface area contributed by atoms with E-state index >= 15 is 0 Å². The van der Waals surface area contributed by atoms with Gasteiger partial charge in [-0.05, 0) is 79.0 Å². The summed E-state index contributed by atoms with van der Waals surface area (Å²) >= 11 is 0. The maximum Gasteiger partial charge on any atom is 0.0552 e. The van der Waals surface area contributed by atoms with Crippen LogP contribution in [0.25, 0.3) is 65.7 Å². The van der Waals surface area contributed by atoms with Gasteiger partial charge in [-0.2, -0.15) is 0 Å². The van der Waals surface area contributed by atoms with Gasteiger partial charge in [0.2, 0.25) is 0 Å². The van der Waals surface area contributed by atoms with Crippen LogP contribution in [0.4, 0.5) is 17.1 Å². The fourth-order valence-electron chi connectivity index (χ4n) is 7.26. The van der Waals surface area contributed by atoms with Gasteiger partial charge < -0.3 is 4.90 Å². The highest BCUT2D eigenvalue weighted by Crippen LogP contribution is 2.47. The van der Waals surface area contributed by atoms with Gasteiger partial charge in [-0.1, -0.05) is 176 Å². The average Bonchev–Trinajstić information content (AvgIpc) is 3.19. The largest absolute Gasteiger partial charge is 0.309 e. The highest BCUT2D eigenvalue weighted by molar-refractivity contribution is 6.23. The van der Waals surface area contributed by atoms with Crippen molar-refractivity contribution in [1.82, 2.24) is 0 Å². The van der Waals surface area contributed by atoms with Crippen LogP contribution >= 0.6 is 0 Å². The van der Waals surface area contributed by atoms with E-state index in [1.165, 1.54) is 65.7 Å². The molecule has 9 rings (SSSR count). The maximum atomic E-state index is 2.47. The number of rotatable bonds is 6. The van der Waals surface area contributed by atoms with Crippen molar-refractivity contribution >= 4 is 49.4 Å². The highest BCUT2D eigenvalue weighted by Gasteiger charge is 2.22. The molecule has 0 spiro atoms. The molecule has 0 aliphatic carbocycles. The van der Waals surface area contributed by atoms with Gasteiger partial charge in [0.05, 0.1) is 11.4 Å². The summed E-state index contributed by atoms with van der Waals surface area (Å²) in [7, 11) is 0. The second-order valence-corrected chi connectivity index (χ2v) is 12.5. The molecule has 0 aliphatic rings. The van der Waals surface area contributed by atoms with E-state index in [-0.39, 0.29) is 0 Å². The number of nitrogens with zero attached hydrogens (tertiary/aromatic N) is 1. The smallest absolute Gasteiger partial charge is 0.0552 e. The Kier molecular flexibility index (Phi) is 7.22. The van der Waals surface area contributed by atoms with Crippen molar-refractivity contribution < 1.29 is 0 Å². The molecule has 0 radical (unpaired) electrons. The van der Waals surface area contributed by atoms with Gasteiger partial charge in [-0.15, -0.1) is 0 Å². The standard InChI is InChI=1S/C48H33N/c1-3-13-34(14-4-1)36-23-25-39(26-24-36)43-20-11-12-22-46(43)49(41-30-27-37(28-31-41)35-15-5-2-6-16-35)47-33-40-18-8-9-19-42(40)45-32-29-38-17-7-10-21-44(38)48(45)47/h1-33H. The lowest BCUT2D eigenvalue weighted by Gasteiger charge is -2.30. The summed E-state index contributed by atoms with van der Waals surface area (Å²) in [6.07, 6.45) is 0. The summed E-state index contributed by atoms with van der Waals surface area (Å²) in [4.78, 5) is 2.47. The van der Waals surface area contributed by atoms with Crippen molar-refractivity contribution in [2.75, 3.05) is 4.90 Å². The summed E-state index contributed by atoms with van der Waals surface area (Å²) in [6.45, 7) is 0. The van der Waals surface area contributed by atoms with Crippen LogP contribution in [-0.2, 0) is 0 Å². The molecule has 0 amide bonds. The molecule has 9 aromatic carbocycles. The van der Waals surface area contributed by atoms with Crippen molar-refractivity contribution in [2.45, 2.75) is 0 Å². The SMILES string of the molecule is c1ccc(-c2ccc(-c3ccccc3N(c3ccc(-c4ccccc4)cc3)c3cc4ccccc4c4ccc5ccccc5c34)cc2)cc1. The quantitative estimate of drug-likeness (QED) is 0.167. The van der Waals surface area contributed by atoms with Gasteiger partial charge in [0.1, 0.15) is 0 Å². The van der Waals surface area contributed by atoms with Crippen molar-refractivity contribution in [2.24, 2.45) is 0 Å². The minimum absolute atomic E-state index is 1.11. The van der Waals surface area contributed by atoms with Crippen LogP contribution in [0.1, 0.15) is 0 Å². The molecule has 1 heteroatoms. The minimum Gasteiger partial charge on any atom is -0.309 e. The summed E-state index contributed by atoms with van der Waals surface area (Å²) in [5.41, 5.74) is 10.6. The molecule has 0 fully saturated rings. The molecule has 0 saturated heterocycles. The van der Waals surface area contributed by atoms with E-state index < -0.39 is 0 Å². The van der Waals surface area contributed by atoms with Gasteiger partial charge in [0, 0.05) is 16.6 Å². The first-order valence-electron chi connectivity index (χ1n) is 16.9. The fraction of sp³-hybridized carbons (Fsp3) is 0. The minimum atomic E-state index is 1.11. The Morgan fingerprint density at radius 1 is 0.286 bits per heavy atom. The molecule has 49 heavy (non-hydrogen) atoms. The maximum absolute atomic E-state index is 2.47. The molecule has 9 aromatic rings. The lowest BCUT2D eigenvalue weighted by molar-refractivity contribution is 1.30. The molecule has 0 aromatic heterocycles. The van der Waals surface area contributed by atoms with E-state index in [2.05, 4.69) is 205 Å². The van der Waals surface area contributed by atoms with Crippen LogP contribution in [-0.4, -0.2) is 0 Å². The second-order valence-electron chi connectivity index (χ2n) is 12.5. The molecule has 1 nitrogen and oxygen atoms in total. The number of anilines is 3. The van der Waals surface area contributed by atoms with Crippen LogP contribution in [0.15, 0.2) is 200 Å². The summed E-state index contributed by atoms with van der Waals surface area (Å²) < 4.78 is 0. The van der Waals surface area contributed by atoms with E-state index in [9.17, 15) is 0 Å². The molecule has 0 N–H and O–H groups in total. The number of fused-ring (bicyclic) bond motifs is 5. The second kappa shape index (κ2) is 12.3. The molecule has 230 valence electrons. The monoisotopic (exact) mass is 623 g/mol. The normalized spacial score (nSPS) is 11.3. The van der Waals surface area contributed by atoms with Crippen molar-refractivity contribution in [3.63, 3.8) is 0 Å². The van der Waals surface area contributed by atoms with E-state index in [1.54, 1.807) is 0 Å². The molecular weight excluding hydrogens is 591 g/mol. The predicted octanol–water partition coefficient (Wildman–Crippen LogP) is 13.6. The lowest BCUT2D eigenvalue weighted by Crippen LogP contribution is -2.12.